The Balaban J connectivity index is 4.64. The molecule has 0 aliphatic carbocycles. The molecule has 0 aromatic heterocycles. The van der Waals surface area contributed by atoms with E-state index in [4.69, 9.17) is 0 Å². The van der Waals surface area contributed by atoms with E-state index in [1.54, 1.807) is 0 Å². The smallest absolute Gasteiger partial charge is 0.378 e. The topological polar surface area (TPSA) is 98.8 Å². The van der Waals surface area contributed by atoms with E-state index < -0.39 is 29.7 Å². The van der Waals surface area contributed by atoms with Crippen LogP contribution < -0.4 is 5.32 Å². The van der Waals surface area contributed by atoms with Crippen LogP contribution in [0.5, 0.6) is 0 Å². The first-order chi connectivity index (χ1) is 8.29. The quantitative estimate of drug-likeness (QED) is 0.386. The van der Waals surface area contributed by atoms with Gasteiger partial charge in [-0.25, -0.2) is 4.79 Å². The summed E-state index contributed by atoms with van der Waals surface area (Å²) in [6.07, 6.45) is -1.40. The summed E-state index contributed by atoms with van der Waals surface area (Å²) in [5.41, 5.74) is 0.224. The molecule has 1 atom stereocenters. The Morgan fingerprint density at radius 2 is 1.78 bits per heavy atom. The van der Waals surface area contributed by atoms with Gasteiger partial charge in [0.2, 0.25) is 5.91 Å². The molecular weight excluding hydrogens is 242 g/mol. The lowest BCUT2D eigenvalue weighted by Crippen LogP contribution is -2.42. The Hall–Kier alpha value is -2.18. The lowest BCUT2D eigenvalue weighted by atomic mass is 10.2. The van der Waals surface area contributed by atoms with Crippen molar-refractivity contribution in [3.05, 3.63) is 12.2 Å². The van der Waals surface area contributed by atoms with Gasteiger partial charge in [-0.3, -0.25) is 14.4 Å². The fourth-order valence-electron chi connectivity index (χ4n) is 0.957. The second-order valence-corrected chi connectivity index (χ2v) is 3.44. The Bertz CT molecular complexity index is 387. The van der Waals surface area contributed by atoms with Crippen LogP contribution in [-0.4, -0.2) is 43.4 Å². The van der Waals surface area contributed by atoms with Crippen LogP contribution in [0.1, 0.15) is 13.8 Å². The minimum absolute atomic E-state index is 0.224. The third-order valence-corrected chi connectivity index (χ3v) is 1.82. The molecule has 0 fully saturated rings. The van der Waals surface area contributed by atoms with Gasteiger partial charge in [0.25, 0.3) is 5.78 Å². The highest BCUT2D eigenvalue weighted by Crippen LogP contribution is 1.97. The fourth-order valence-corrected chi connectivity index (χ4v) is 0.957. The zero-order chi connectivity index (χ0) is 14.3. The van der Waals surface area contributed by atoms with Crippen LogP contribution in [0.3, 0.4) is 0 Å². The van der Waals surface area contributed by atoms with E-state index in [1.165, 1.54) is 6.92 Å². The van der Waals surface area contributed by atoms with Gasteiger partial charge in [-0.05, 0) is 6.92 Å². The first-order valence-electron chi connectivity index (χ1n) is 5.02. The van der Waals surface area contributed by atoms with Gasteiger partial charge in [0.05, 0.1) is 13.7 Å². The number of esters is 2. The number of ether oxygens (including phenoxy) is 2. The number of carbonyl (C=O) groups excluding carboxylic acids is 4. The van der Waals surface area contributed by atoms with Crippen LogP contribution in [0.2, 0.25) is 0 Å². The molecule has 1 N–H and O–H groups in total. The van der Waals surface area contributed by atoms with Gasteiger partial charge in [0, 0.05) is 12.5 Å². The number of hydrogen-bond acceptors (Lipinski definition) is 6. The van der Waals surface area contributed by atoms with Crippen LogP contribution in [0.25, 0.3) is 0 Å². The van der Waals surface area contributed by atoms with Crippen molar-refractivity contribution in [3.63, 3.8) is 0 Å². The number of hydrogen-bond donors (Lipinski definition) is 1. The summed E-state index contributed by atoms with van der Waals surface area (Å²) in [5, 5.41) is 2.30. The maximum atomic E-state index is 11.5. The average Bonchev–Trinajstić information content (AvgIpc) is 2.31. The van der Waals surface area contributed by atoms with Crippen molar-refractivity contribution < 1.29 is 28.7 Å². The van der Waals surface area contributed by atoms with Crippen molar-refractivity contribution in [2.45, 2.75) is 20.0 Å². The number of ketones is 1. The van der Waals surface area contributed by atoms with E-state index in [-0.39, 0.29) is 12.1 Å². The Morgan fingerprint density at radius 1 is 1.22 bits per heavy atom. The van der Waals surface area contributed by atoms with E-state index in [0.29, 0.717) is 0 Å². The van der Waals surface area contributed by atoms with Crippen LogP contribution in [0.4, 0.5) is 0 Å². The van der Waals surface area contributed by atoms with Crippen molar-refractivity contribution in [1.82, 2.24) is 5.32 Å². The van der Waals surface area contributed by atoms with E-state index in [0.717, 1.165) is 14.0 Å². The third-order valence-electron chi connectivity index (χ3n) is 1.82. The molecule has 0 bridgehead atoms. The van der Waals surface area contributed by atoms with Crippen LogP contribution >= 0.6 is 0 Å². The average molecular weight is 257 g/mol. The highest BCUT2D eigenvalue weighted by Gasteiger charge is 2.29. The van der Waals surface area contributed by atoms with Gasteiger partial charge in [-0.1, -0.05) is 6.58 Å². The fraction of sp³-hybridized carbons (Fsp3) is 0.455. The van der Waals surface area contributed by atoms with Crippen LogP contribution in [-0.2, 0) is 28.7 Å². The molecule has 0 aromatic carbocycles. The number of carbonyl (C=O) groups is 4. The highest BCUT2D eigenvalue weighted by molar-refractivity contribution is 6.35. The molecule has 0 saturated carbocycles. The summed E-state index contributed by atoms with van der Waals surface area (Å²) in [4.78, 5) is 44.5. The minimum Gasteiger partial charge on any atom is -0.463 e. The highest BCUT2D eigenvalue weighted by atomic mass is 16.6. The SMILES string of the molecule is C=C(C)C(=O)NCC(OC(C)=O)C(=O)C(=O)OC. The van der Waals surface area contributed by atoms with E-state index in [9.17, 15) is 19.2 Å². The molecule has 1 amide bonds. The summed E-state index contributed by atoms with van der Waals surface area (Å²) in [7, 11) is 1.03. The second-order valence-electron chi connectivity index (χ2n) is 3.44. The van der Waals surface area contributed by atoms with E-state index in [1.807, 2.05) is 0 Å². The molecule has 0 aliphatic rings. The number of methoxy groups -OCH3 is 1. The maximum Gasteiger partial charge on any atom is 0.378 e. The zero-order valence-corrected chi connectivity index (χ0v) is 10.4. The van der Waals surface area contributed by atoms with Crippen molar-refractivity contribution in [1.29, 1.82) is 0 Å². The van der Waals surface area contributed by atoms with Gasteiger partial charge in [0.1, 0.15) is 0 Å². The van der Waals surface area contributed by atoms with Crippen molar-refractivity contribution in [2.24, 2.45) is 0 Å². The monoisotopic (exact) mass is 257 g/mol. The molecular formula is C11H15NO6. The number of nitrogens with one attached hydrogen (secondary N) is 1. The van der Waals surface area contributed by atoms with Gasteiger partial charge in [0.15, 0.2) is 6.10 Å². The van der Waals surface area contributed by atoms with E-state index >= 15 is 0 Å². The molecule has 0 saturated heterocycles. The van der Waals surface area contributed by atoms with Crippen molar-refractivity contribution in [2.75, 3.05) is 13.7 Å². The molecule has 7 nitrogen and oxygen atoms in total. The molecule has 7 heteroatoms. The van der Waals surface area contributed by atoms with Crippen molar-refractivity contribution in [3.8, 4) is 0 Å². The number of rotatable bonds is 6. The number of amides is 1. The lowest BCUT2D eigenvalue weighted by Gasteiger charge is -2.15. The molecule has 0 radical (unpaired) electrons. The molecule has 0 rings (SSSR count). The van der Waals surface area contributed by atoms with Gasteiger partial charge in [-0.15, -0.1) is 0 Å². The first kappa shape index (κ1) is 15.8. The molecule has 0 aliphatic heterocycles. The van der Waals surface area contributed by atoms with E-state index in [2.05, 4.69) is 21.4 Å². The molecule has 0 aromatic rings. The Labute approximate surface area is 104 Å². The first-order valence-corrected chi connectivity index (χ1v) is 5.02. The summed E-state index contributed by atoms with van der Waals surface area (Å²) in [6.45, 7) is 5.63. The molecule has 18 heavy (non-hydrogen) atoms. The summed E-state index contributed by atoms with van der Waals surface area (Å²) < 4.78 is 8.85. The predicted octanol–water partition coefficient (Wildman–Crippen LogP) is -0.647. The normalized spacial score (nSPS) is 11.1. The summed E-state index contributed by atoms with van der Waals surface area (Å²) in [5.74, 6) is -3.45. The van der Waals surface area contributed by atoms with Crippen LogP contribution in [0, 0.1) is 0 Å². The summed E-state index contributed by atoms with van der Waals surface area (Å²) >= 11 is 0. The third kappa shape index (κ3) is 5.24. The van der Waals surface area contributed by atoms with Gasteiger partial charge < -0.3 is 14.8 Å². The van der Waals surface area contributed by atoms with Gasteiger partial charge >= 0.3 is 11.9 Å². The Kier molecular flexibility index (Phi) is 6.33. The molecule has 100 valence electrons. The van der Waals surface area contributed by atoms with Gasteiger partial charge in [-0.2, -0.15) is 0 Å². The summed E-state index contributed by atoms with van der Waals surface area (Å²) in [6, 6.07) is 0. The zero-order valence-electron chi connectivity index (χ0n) is 10.4. The Morgan fingerprint density at radius 3 is 2.17 bits per heavy atom. The standard InChI is InChI=1S/C11H15NO6/c1-6(2)10(15)12-5-8(18-7(3)13)9(14)11(16)17-4/h8H,1,5H2,2-4H3,(H,12,15). The van der Waals surface area contributed by atoms with Crippen molar-refractivity contribution >= 4 is 23.6 Å². The minimum atomic E-state index is -1.40. The molecule has 1 unspecified atom stereocenters. The molecule has 0 spiro atoms. The number of Topliss-reactive ketones (excluding diaryl/α,β-unsaturated/α-hetero) is 1. The lowest BCUT2D eigenvalue weighted by molar-refractivity contribution is -0.162. The maximum absolute atomic E-state index is 11.5. The predicted molar refractivity (Wildman–Crippen MR) is 60.4 cm³/mol. The second kappa shape index (κ2) is 7.21. The molecule has 0 heterocycles. The van der Waals surface area contributed by atoms with Crippen LogP contribution in [0.15, 0.2) is 12.2 Å². The largest absolute Gasteiger partial charge is 0.463 e.